The smallest absolute Gasteiger partial charge is 0.328 e. The third-order valence-electron chi connectivity index (χ3n) is 2.85. The first-order valence-electron chi connectivity index (χ1n) is 6.18. The Kier molecular flexibility index (Phi) is 4.77. The minimum atomic E-state index is -1.12. The number of carbonyl (C=O) groups excluding carboxylic acids is 2. The van der Waals surface area contributed by atoms with Crippen molar-refractivity contribution in [2.24, 2.45) is 0 Å². The van der Waals surface area contributed by atoms with Crippen molar-refractivity contribution in [3.63, 3.8) is 0 Å². The highest BCUT2D eigenvalue weighted by Crippen LogP contribution is 2.11. The number of hydrogen-bond acceptors (Lipinski definition) is 5. The molecule has 0 saturated heterocycles. The number of pyridine rings is 1. The molecule has 7 nitrogen and oxygen atoms in total. The Morgan fingerprint density at radius 1 is 1.27 bits per heavy atom. The van der Waals surface area contributed by atoms with Crippen LogP contribution in [0.4, 0.5) is 8.78 Å². The van der Waals surface area contributed by atoms with Crippen LogP contribution in [0.2, 0.25) is 0 Å². The number of halogens is 2. The summed E-state index contributed by atoms with van der Waals surface area (Å²) >= 11 is 0. The molecular formula is C13H12F2N4O3. The molecule has 2 N–H and O–H groups in total. The van der Waals surface area contributed by atoms with Gasteiger partial charge in [-0.3, -0.25) is 9.78 Å². The zero-order valence-corrected chi connectivity index (χ0v) is 11.5. The van der Waals surface area contributed by atoms with Crippen molar-refractivity contribution in [3.8, 4) is 0 Å². The molecule has 22 heavy (non-hydrogen) atoms. The summed E-state index contributed by atoms with van der Waals surface area (Å²) in [7, 11) is 1.14. The lowest BCUT2D eigenvalue weighted by Crippen LogP contribution is -2.43. The summed E-state index contributed by atoms with van der Waals surface area (Å²) in [6, 6.07) is -1.12. The number of aromatic amines is 1. The molecule has 2 rings (SSSR count). The maximum Gasteiger partial charge on any atom is 0.328 e. The molecule has 0 bridgehead atoms. The van der Waals surface area contributed by atoms with Crippen LogP contribution in [0, 0.1) is 11.6 Å². The molecule has 116 valence electrons. The van der Waals surface area contributed by atoms with E-state index in [1.807, 2.05) is 0 Å². The number of imidazole rings is 1. The number of amides is 1. The molecule has 2 heterocycles. The Morgan fingerprint density at radius 3 is 2.50 bits per heavy atom. The van der Waals surface area contributed by atoms with Gasteiger partial charge in [0.25, 0.3) is 5.91 Å². The van der Waals surface area contributed by atoms with Gasteiger partial charge < -0.3 is 15.0 Å². The molecule has 0 radical (unpaired) electrons. The van der Waals surface area contributed by atoms with E-state index in [2.05, 4.69) is 25.0 Å². The average Bonchev–Trinajstić information content (AvgIpc) is 2.98. The van der Waals surface area contributed by atoms with Crippen molar-refractivity contribution in [2.75, 3.05) is 7.11 Å². The van der Waals surface area contributed by atoms with Crippen LogP contribution in [-0.2, 0) is 16.0 Å². The number of nitrogens with one attached hydrogen (secondary N) is 2. The van der Waals surface area contributed by atoms with Crippen LogP contribution in [0.3, 0.4) is 0 Å². The van der Waals surface area contributed by atoms with E-state index in [1.165, 1.54) is 12.5 Å². The number of aromatic nitrogens is 3. The molecule has 0 aliphatic heterocycles. The van der Waals surface area contributed by atoms with E-state index in [0.717, 1.165) is 7.11 Å². The molecule has 0 spiro atoms. The minimum Gasteiger partial charge on any atom is -0.467 e. The second-order valence-electron chi connectivity index (χ2n) is 4.31. The number of carbonyl (C=O) groups is 2. The van der Waals surface area contributed by atoms with E-state index in [9.17, 15) is 18.4 Å². The largest absolute Gasteiger partial charge is 0.467 e. The van der Waals surface area contributed by atoms with E-state index < -0.39 is 35.1 Å². The van der Waals surface area contributed by atoms with Crippen molar-refractivity contribution < 1.29 is 23.1 Å². The van der Waals surface area contributed by atoms with Gasteiger partial charge in [0.15, 0.2) is 11.6 Å². The highest BCUT2D eigenvalue weighted by atomic mass is 19.1. The summed E-state index contributed by atoms with van der Waals surface area (Å²) in [6.07, 6.45) is 4.30. The fourth-order valence-electron chi connectivity index (χ4n) is 1.81. The maximum absolute atomic E-state index is 13.5. The average molecular weight is 310 g/mol. The van der Waals surface area contributed by atoms with Gasteiger partial charge in [-0.15, -0.1) is 0 Å². The molecule has 2 aromatic heterocycles. The van der Waals surface area contributed by atoms with E-state index in [4.69, 9.17) is 0 Å². The number of ether oxygens (including phenoxy) is 1. The van der Waals surface area contributed by atoms with E-state index in [1.54, 1.807) is 0 Å². The molecule has 0 aromatic carbocycles. The van der Waals surface area contributed by atoms with Crippen LogP contribution in [0.5, 0.6) is 0 Å². The third-order valence-corrected chi connectivity index (χ3v) is 2.85. The van der Waals surface area contributed by atoms with Crippen LogP contribution in [-0.4, -0.2) is 40.0 Å². The summed E-state index contributed by atoms with van der Waals surface area (Å²) in [5.74, 6) is -4.07. The highest BCUT2D eigenvalue weighted by Gasteiger charge is 2.26. The second-order valence-corrected chi connectivity index (χ2v) is 4.31. The fraction of sp³-hybridized carbons (Fsp3) is 0.231. The molecule has 0 fully saturated rings. The van der Waals surface area contributed by atoms with E-state index in [0.29, 0.717) is 18.1 Å². The lowest BCUT2D eigenvalue weighted by molar-refractivity contribution is -0.142. The van der Waals surface area contributed by atoms with Gasteiger partial charge in [0.2, 0.25) is 0 Å². The Morgan fingerprint density at radius 2 is 1.95 bits per heavy atom. The Balaban J connectivity index is 2.19. The minimum absolute atomic E-state index is 0.0345. The summed E-state index contributed by atoms with van der Waals surface area (Å²) in [5, 5.41) is 2.23. The Bertz CT molecular complexity index is 656. The summed E-state index contributed by atoms with van der Waals surface area (Å²) in [5.41, 5.74) is -0.264. The summed E-state index contributed by atoms with van der Waals surface area (Å²) in [4.78, 5) is 33.5. The number of methoxy groups -OCH3 is 1. The predicted octanol–water partition coefficient (Wildman–Crippen LogP) is 0.597. The molecule has 0 aliphatic rings. The topological polar surface area (TPSA) is 97.0 Å². The lowest BCUT2D eigenvalue weighted by atomic mass is 10.1. The Labute approximate surface area is 123 Å². The van der Waals surface area contributed by atoms with Crippen molar-refractivity contribution in [1.29, 1.82) is 0 Å². The third kappa shape index (κ3) is 3.43. The van der Waals surface area contributed by atoms with E-state index in [-0.39, 0.29) is 6.42 Å². The molecule has 2 aromatic rings. The van der Waals surface area contributed by atoms with Crippen LogP contribution < -0.4 is 5.32 Å². The monoisotopic (exact) mass is 310 g/mol. The van der Waals surface area contributed by atoms with Crippen molar-refractivity contribution in [1.82, 2.24) is 20.3 Å². The number of esters is 1. The number of hydrogen-bond donors (Lipinski definition) is 2. The molecule has 9 heteroatoms. The van der Waals surface area contributed by atoms with Crippen molar-refractivity contribution >= 4 is 11.9 Å². The van der Waals surface area contributed by atoms with Crippen LogP contribution in [0.1, 0.15) is 16.1 Å². The zero-order chi connectivity index (χ0) is 16.1. The first-order chi connectivity index (χ1) is 10.5. The zero-order valence-electron chi connectivity index (χ0n) is 11.5. The fourth-order valence-corrected chi connectivity index (χ4v) is 1.81. The van der Waals surface area contributed by atoms with Crippen molar-refractivity contribution in [2.45, 2.75) is 12.5 Å². The quantitative estimate of drug-likeness (QED) is 0.788. The Hall–Kier alpha value is -2.84. The predicted molar refractivity (Wildman–Crippen MR) is 69.7 cm³/mol. The molecular weight excluding hydrogens is 298 g/mol. The SMILES string of the molecule is COC(=O)[C@@H](Cc1cnc[nH]1)NC(=O)c1c(F)cncc1F. The van der Waals surface area contributed by atoms with Crippen LogP contribution >= 0.6 is 0 Å². The van der Waals surface area contributed by atoms with Gasteiger partial charge in [-0.05, 0) is 0 Å². The summed E-state index contributed by atoms with van der Waals surface area (Å²) < 4.78 is 31.6. The standard InChI is InChI=1S/C13H12F2N4O3/c1-22-13(21)10(2-7-3-17-6-18-7)19-12(20)11-8(14)4-16-5-9(11)15/h3-6,10H,2H2,1H3,(H,17,18)(H,19,20)/t10-/m1/s1. The normalized spacial score (nSPS) is 11.8. The van der Waals surface area contributed by atoms with Gasteiger partial charge in [-0.2, -0.15) is 0 Å². The number of rotatable bonds is 5. The van der Waals surface area contributed by atoms with Crippen LogP contribution in [0.15, 0.2) is 24.9 Å². The van der Waals surface area contributed by atoms with Gasteiger partial charge in [0.1, 0.15) is 11.6 Å². The molecule has 0 saturated carbocycles. The van der Waals surface area contributed by atoms with Crippen molar-refractivity contribution in [3.05, 3.63) is 47.8 Å². The van der Waals surface area contributed by atoms with Gasteiger partial charge in [0, 0.05) is 18.3 Å². The second kappa shape index (κ2) is 6.74. The number of H-pyrrole nitrogens is 1. The molecule has 0 unspecified atom stereocenters. The first-order valence-corrected chi connectivity index (χ1v) is 6.18. The lowest BCUT2D eigenvalue weighted by Gasteiger charge is -2.16. The van der Waals surface area contributed by atoms with Gasteiger partial charge in [-0.25, -0.2) is 18.6 Å². The van der Waals surface area contributed by atoms with E-state index >= 15 is 0 Å². The maximum atomic E-state index is 13.5. The molecule has 0 aliphatic carbocycles. The summed E-state index contributed by atoms with van der Waals surface area (Å²) in [6.45, 7) is 0. The van der Waals surface area contributed by atoms with Gasteiger partial charge in [0.05, 0.1) is 25.8 Å². The van der Waals surface area contributed by atoms with Crippen LogP contribution in [0.25, 0.3) is 0 Å². The molecule has 1 amide bonds. The van der Waals surface area contributed by atoms with Gasteiger partial charge >= 0.3 is 5.97 Å². The highest BCUT2D eigenvalue weighted by molar-refractivity contribution is 5.97. The van der Waals surface area contributed by atoms with Gasteiger partial charge in [-0.1, -0.05) is 0 Å². The number of nitrogens with zero attached hydrogens (tertiary/aromatic N) is 2. The molecule has 1 atom stereocenters. The first kappa shape index (κ1) is 15.5.